The molecule has 0 radical (unpaired) electrons. The summed E-state index contributed by atoms with van der Waals surface area (Å²) in [6, 6.07) is 14.8. The number of imide groups is 1. The van der Waals surface area contributed by atoms with E-state index in [0.717, 1.165) is 16.7 Å². The Morgan fingerprint density at radius 1 is 1.11 bits per heavy atom. The average molecular weight is 399 g/mol. The van der Waals surface area contributed by atoms with Crippen LogP contribution in [-0.4, -0.2) is 44.9 Å². The van der Waals surface area contributed by atoms with Gasteiger partial charge in [0.15, 0.2) is 5.37 Å². The molecule has 1 atom stereocenters. The molecule has 1 saturated heterocycles. The summed E-state index contributed by atoms with van der Waals surface area (Å²) in [5.74, 6) is -2.21. The Kier molecular flexibility index (Phi) is 5.65. The molecule has 0 bridgehead atoms. The third-order valence-corrected chi connectivity index (χ3v) is 5.22. The maximum atomic E-state index is 12.9. The van der Waals surface area contributed by atoms with Crippen LogP contribution in [0.15, 0.2) is 54.6 Å². The Morgan fingerprint density at radius 3 is 2.46 bits per heavy atom. The quantitative estimate of drug-likeness (QED) is 0.729. The smallest absolute Gasteiger partial charge is 0.335 e. The zero-order valence-corrected chi connectivity index (χ0v) is 15.5. The third kappa shape index (κ3) is 4.15. The van der Waals surface area contributed by atoms with Crippen LogP contribution < -0.4 is 10.6 Å². The van der Waals surface area contributed by atoms with Crippen LogP contribution in [0.25, 0.3) is 0 Å². The molecule has 1 aliphatic rings. The molecule has 8 nitrogen and oxygen atoms in total. The van der Waals surface area contributed by atoms with Crippen molar-refractivity contribution in [3.63, 3.8) is 0 Å². The lowest BCUT2D eigenvalue weighted by Gasteiger charge is -2.27. The molecule has 1 heterocycles. The van der Waals surface area contributed by atoms with Crippen LogP contribution in [0.1, 0.15) is 15.9 Å². The minimum atomic E-state index is -1.09. The van der Waals surface area contributed by atoms with Crippen LogP contribution in [-0.2, 0) is 16.1 Å². The Hall–Kier alpha value is -3.33. The third-order valence-electron chi connectivity index (χ3n) is 4.12. The van der Waals surface area contributed by atoms with Crippen LogP contribution in [0.3, 0.4) is 0 Å². The van der Waals surface area contributed by atoms with E-state index in [9.17, 15) is 19.2 Å². The van der Waals surface area contributed by atoms with Gasteiger partial charge in [0.2, 0.25) is 5.91 Å². The standard InChI is InChI=1S/C19H17N3O5S/c20-15(23)11-21(14-7-2-1-3-8-14)17-16(24)22(19(27)28-17)10-12-5-4-6-13(9-12)18(25)26/h1-9,17H,10-11H2,(H2,20,23)(H,25,26)/t17-/m0/s1. The molecule has 3 rings (SSSR count). The fourth-order valence-corrected chi connectivity index (χ4v) is 3.88. The van der Waals surface area contributed by atoms with Gasteiger partial charge in [0, 0.05) is 5.69 Å². The number of hydrogen-bond donors (Lipinski definition) is 2. The van der Waals surface area contributed by atoms with Crippen molar-refractivity contribution in [2.24, 2.45) is 5.73 Å². The topological polar surface area (TPSA) is 121 Å². The summed E-state index contributed by atoms with van der Waals surface area (Å²) in [5, 5.41) is 7.70. The van der Waals surface area contributed by atoms with Gasteiger partial charge in [-0.2, -0.15) is 0 Å². The SMILES string of the molecule is NC(=O)CN(c1ccccc1)[C@H]1SC(=O)N(Cc2cccc(C(=O)O)c2)C1=O. The number of carbonyl (C=O) groups is 4. The predicted octanol–water partition coefficient (Wildman–Crippen LogP) is 1.90. The van der Waals surface area contributed by atoms with Crippen LogP contribution in [0, 0.1) is 0 Å². The van der Waals surface area contributed by atoms with Gasteiger partial charge in [0.1, 0.15) is 0 Å². The second kappa shape index (κ2) is 8.13. The molecule has 3 N–H and O–H groups in total. The number of carbonyl (C=O) groups excluding carboxylic acids is 3. The van der Waals surface area contributed by atoms with Gasteiger partial charge < -0.3 is 15.7 Å². The highest BCUT2D eigenvalue weighted by Crippen LogP contribution is 2.33. The van der Waals surface area contributed by atoms with E-state index in [0.29, 0.717) is 11.3 Å². The van der Waals surface area contributed by atoms with E-state index in [2.05, 4.69) is 0 Å². The first-order valence-corrected chi connectivity index (χ1v) is 9.19. The van der Waals surface area contributed by atoms with Crippen molar-refractivity contribution in [1.82, 2.24) is 4.90 Å². The zero-order valence-electron chi connectivity index (χ0n) is 14.6. The molecule has 3 amide bonds. The van der Waals surface area contributed by atoms with E-state index in [4.69, 9.17) is 10.8 Å². The van der Waals surface area contributed by atoms with Gasteiger partial charge in [-0.15, -0.1) is 0 Å². The van der Waals surface area contributed by atoms with Crippen LogP contribution in [0.2, 0.25) is 0 Å². The highest BCUT2D eigenvalue weighted by Gasteiger charge is 2.43. The molecule has 1 fully saturated rings. The summed E-state index contributed by atoms with van der Waals surface area (Å²) >= 11 is 0.796. The van der Waals surface area contributed by atoms with Crippen molar-refractivity contribution < 1.29 is 24.3 Å². The number of aromatic carboxylic acids is 1. The number of carboxylic acids is 1. The zero-order chi connectivity index (χ0) is 20.3. The molecule has 1 aliphatic heterocycles. The minimum absolute atomic E-state index is 0.0541. The molecule has 9 heteroatoms. The van der Waals surface area contributed by atoms with E-state index >= 15 is 0 Å². The van der Waals surface area contributed by atoms with Crippen molar-refractivity contribution in [2.45, 2.75) is 11.9 Å². The molecular weight excluding hydrogens is 382 g/mol. The Labute approximate surface area is 164 Å². The Balaban J connectivity index is 1.84. The molecule has 28 heavy (non-hydrogen) atoms. The van der Waals surface area contributed by atoms with E-state index in [-0.39, 0.29) is 18.7 Å². The number of carboxylic acid groups (broad SMARTS) is 1. The number of benzene rings is 2. The molecule has 2 aromatic rings. The first-order chi connectivity index (χ1) is 13.4. The monoisotopic (exact) mass is 399 g/mol. The van der Waals surface area contributed by atoms with Crippen molar-refractivity contribution in [1.29, 1.82) is 0 Å². The van der Waals surface area contributed by atoms with E-state index in [1.165, 1.54) is 17.0 Å². The van der Waals surface area contributed by atoms with Crippen LogP contribution in [0.5, 0.6) is 0 Å². The molecular formula is C19H17N3O5S. The number of hydrogen-bond acceptors (Lipinski definition) is 6. The fraction of sp³-hybridized carbons (Fsp3) is 0.158. The summed E-state index contributed by atoms with van der Waals surface area (Å²) in [5.41, 5.74) is 6.51. The first kappa shape index (κ1) is 19.4. The summed E-state index contributed by atoms with van der Waals surface area (Å²) in [4.78, 5) is 50.5. The average Bonchev–Trinajstić information content (AvgIpc) is 2.95. The summed E-state index contributed by atoms with van der Waals surface area (Å²) < 4.78 is 0. The normalized spacial score (nSPS) is 16.3. The van der Waals surface area contributed by atoms with Gasteiger partial charge in [-0.3, -0.25) is 19.3 Å². The molecule has 144 valence electrons. The second-order valence-corrected chi connectivity index (χ2v) is 7.13. The number of nitrogens with zero attached hydrogens (tertiary/aromatic N) is 2. The molecule has 0 aromatic heterocycles. The summed E-state index contributed by atoms with van der Waals surface area (Å²) in [6.07, 6.45) is 0. The van der Waals surface area contributed by atoms with Gasteiger partial charge >= 0.3 is 5.97 Å². The van der Waals surface area contributed by atoms with Crippen LogP contribution >= 0.6 is 11.8 Å². The van der Waals surface area contributed by atoms with Crippen LogP contribution in [0.4, 0.5) is 10.5 Å². The first-order valence-electron chi connectivity index (χ1n) is 8.31. The van der Waals surface area contributed by atoms with Gasteiger partial charge in [-0.1, -0.05) is 30.3 Å². The van der Waals surface area contributed by atoms with Gasteiger partial charge in [-0.05, 0) is 41.6 Å². The second-order valence-electron chi connectivity index (χ2n) is 6.10. The number of anilines is 1. The van der Waals surface area contributed by atoms with Gasteiger partial charge in [0.05, 0.1) is 18.7 Å². The maximum Gasteiger partial charge on any atom is 0.335 e. The van der Waals surface area contributed by atoms with E-state index in [1.807, 2.05) is 0 Å². The van der Waals surface area contributed by atoms with Gasteiger partial charge in [-0.25, -0.2) is 4.79 Å². The summed E-state index contributed by atoms with van der Waals surface area (Å²) in [7, 11) is 0. The summed E-state index contributed by atoms with van der Waals surface area (Å²) in [6.45, 7) is -0.273. The molecule has 2 aromatic carbocycles. The largest absolute Gasteiger partial charge is 0.478 e. The molecule has 0 unspecified atom stereocenters. The van der Waals surface area contributed by atoms with E-state index < -0.39 is 28.4 Å². The number of nitrogens with two attached hydrogens (primary N) is 1. The Bertz CT molecular complexity index is 934. The van der Waals surface area contributed by atoms with Crippen molar-refractivity contribution >= 4 is 40.5 Å². The minimum Gasteiger partial charge on any atom is -0.478 e. The molecule has 0 aliphatic carbocycles. The lowest BCUT2D eigenvalue weighted by molar-refractivity contribution is -0.127. The highest BCUT2D eigenvalue weighted by atomic mass is 32.2. The van der Waals surface area contributed by atoms with Gasteiger partial charge in [0.25, 0.3) is 11.1 Å². The number of amides is 3. The number of primary amides is 1. The maximum absolute atomic E-state index is 12.9. The highest BCUT2D eigenvalue weighted by molar-refractivity contribution is 8.15. The van der Waals surface area contributed by atoms with Crippen molar-refractivity contribution in [2.75, 3.05) is 11.4 Å². The fourth-order valence-electron chi connectivity index (χ4n) is 2.85. The number of thioether (sulfide) groups is 1. The Morgan fingerprint density at radius 2 is 1.82 bits per heavy atom. The lowest BCUT2D eigenvalue weighted by Crippen LogP contribution is -2.45. The molecule has 0 saturated carbocycles. The number of para-hydroxylation sites is 1. The molecule has 0 spiro atoms. The van der Waals surface area contributed by atoms with Crippen molar-refractivity contribution in [3.8, 4) is 0 Å². The predicted molar refractivity (Wildman–Crippen MR) is 104 cm³/mol. The number of rotatable bonds is 7. The van der Waals surface area contributed by atoms with E-state index in [1.54, 1.807) is 42.5 Å². The lowest BCUT2D eigenvalue weighted by atomic mass is 10.1. The van der Waals surface area contributed by atoms with Crippen molar-refractivity contribution in [3.05, 3.63) is 65.7 Å².